The first-order chi connectivity index (χ1) is 14.7. The molecule has 1 N–H and O–H groups in total. The molecule has 2 aromatic rings. The molecule has 0 aliphatic carbocycles. The summed E-state index contributed by atoms with van der Waals surface area (Å²) in [6, 6.07) is 1.72. The number of carbonyl (C=O) groups is 2. The van der Waals surface area contributed by atoms with Crippen LogP contribution in [0, 0.1) is 0 Å². The van der Waals surface area contributed by atoms with Gasteiger partial charge in [-0.3, -0.25) is 10.1 Å². The zero-order valence-electron chi connectivity index (χ0n) is 16.7. The first kappa shape index (κ1) is 22.4. The van der Waals surface area contributed by atoms with Crippen molar-refractivity contribution < 1.29 is 32.2 Å². The molecule has 0 unspecified atom stereocenters. The number of nitrogens with zero attached hydrogens (tertiary/aromatic N) is 6. The van der Waals surface area contributed by atoms with Crippen molar-refractivity contribution in [3.8, 4) is 0 Å². The van der Waals surface area contributed by atoms with E-state index in [9.17, 15) is 22.8 Å². The van der Waals surface area contributed by atoms with Crippen LogP contribution in [0.2, 0.25) is 0 Å². The van der Waals surface area contributed by atoms with Crippen LogP contribution in [-0.2, 0) is 28.8 Å². The van der Waals surface area contributed by atoms with E-state index in [1.165, 1.54) is 9.58 Å². The van der Waals surface area contributed by atoms with Crippen LogP contribution in [0.4, 0.5) is 23.9 Å². The summed E-state index contributed by atoms with van der Waals surface area (Å²) in [5.41, 5.74) is -1.51. The molecule has 2 amide bonds. The monoisotopic (exact) mass is 443 g/mol. The van der Waals surface area contributed by atoms with E-state index in [1.54, 1.807) is 7.05 Å². The number of hydrogen-bond donors (Lipinski definition) is 1. The second-order valence-electron chi connectivity index (χ2n) is 6.77. The minimum absolute atomic E-state index is 0.0551. The van der Waals surface area contributed by atoms with Gasteiger partial charge in [0, 0.05) is 13.6 Å². The van der Waals surface area contributed by atoms with Gasteiger partial charge in [-0.1, -0.05) is 12.0 Å². The highest BCUT2D eigenvalue weighted by Gasteiger charge is 2.34. The summed E-state index contributed by atoms with van der Waals surface area (Å²) in [7, 11) is 1.55. The van der Waals surface area contributed by atoms with Crippen LogP contribution >= 0.6 is 0 Å². The smallest absolute Gasteiger partial charge is 0.433 e. The third kappa shape index (κ3) is 5.45. The Morgan fingerprint density at radius 2 is 2.16 bits per heavy atom. The molecule has 168 valence electrons. The Hall–Kier alpha value is -3.29. The molecule has 0 aromatic carbocycles. The van der Waals surface area contributed by atoms with Gasteiger partial charge in [0.2, 0.25) is 5.95 Å². The van der Waals surface area contributed by atoms with Gasteiger partial charge in [0.1, 0.15) is 11.8 Å². The second kappa shape index (κ2) is 9.24. The van der Waals surface area contributed by atoms with E-state index in [1.807, 2.05) is 6.92 Å². The number of tetrazole rings is 1. The molecule has 0 radical (unpaired) electrons. The number of halogens is 3. The van der Waals surface area contributed by atoms with Crippen molar-refractivity contribution >= 4 is 17.9 Å². The Morgan fingerprint density at radius 1 is 1.39 bits per heavy atom. The van der Waals surface area contributed by atoms with E-state index in [4.69, 9.17) is 9.47 Å². The van der Waals surface area contributed by atoms with Gasteiger partial charge in [-0.2, -0.15) is 13.2 Å². The molecule has 2 aromatic heterocycles. The Labute approximate surface area is 174 Å². The highest BCUT2D eigenvalue weighted by molar-refractivity contribution is 6.04. The normalized spacial score (nSPS) is 16.5. The van der Waals surface area contributed by atoms with E-state index in [0.29, 0.717) is 19.0 Å². The number of likely N-dealkylation sites (N-methyl/N-ethyl adjacent to an activating group) is 1. The molecule has 0 saturated carbocycles. The Kier molecular flexibility index (Phi) is 6.68. The van der Waals surface area contributed by atoms with E-state index < -0.39 is 36.6 Å². The van der Waals surface area contributed by atoms with Crippen LogP contribution in [0.3, 0.4) is 0 Å². The number of carbonyl (C=O) groups excluding carboxylic acids is 2. The lowest BCUT2D eigenvalue weighted by Gasteiger charge is -2.14. The highest BCUT2D eigenvalue weighted by atomic mass is 19.4. The van der Waals surface area contributed by atoms with Gasteiger partial charge in [-0.25, -0.2) is 14.5 Å². The topological polar surface area (TPSA) is 124 Å². The van der Waals surface area contributed by atoms with Crippen LogP contribution in [0.15, 0.2) is 12.1 Å². The molecule has 1 saturated heterocycles. The van der Waals surface area contributed by atoms with Crippen LogP contribution in [0.1, 0.15) is 35.1 Å². The van der Waals surface area contributed by atoms with Gasteiger partial charge >= 0.3 is 12.3 Å². The minimum Gasteiger partial charge on any atom is -0.442 e. The summed E-state index contributed by atoms with van der Waals surface area (Å²) >= 11 is 0. The molecule has 3 rings (SSSR count). The predicted molar refractivity (Wildman–Crippen MR) is 97.9 cm³/mol. The van der Waals surface area contributed by atoms with Crippen molar-refractivity contribution in [3.05, 3.63) is 29.1 Å². The second-order valence-corrected chi connectivity index (χ2v) is 6.77. The SMILES string of the molecule is CCCn1nnnc1NC(=O)c1ccc(C(F)(F)F)nc1COC[C@@H]1CN(C)C(=O)O1. The van der Waals surface area contributed by atoms with Crippen molar-refractivity contribution in [3.63, 3.8) is 0 Å². The minimum atomic E-state index is -4.70. The summed E-state index contributed by atoms with van der Waals surface area (Å²) in [6.07, 6.45) is -5.08. The van der Waals surface area contributed by atoms with Crippen molar-refractivity contribution in [1.29, 1.82) is 0 Å². The molecule has 1 aliphatic heterocycles. The van der Waals surface area contributed by atoms with Crippen LogP contribution in [0.25, 0.3) is 0 Å². The molecule has 0 spiro atoms. The predicted octanol–water partition coefficient (Wildman–Crippen LogP) is 1.72. The highest BCUT2D eigenvalue weighted by Crippen LogP contribution is 2.28. The average Bonchev–Trinajstić information content (AvgIpc) is 3.27. The number of nitrogens with one attached hydrogen (secondary N) is 1. The zero-order valence-corrected chi connectivity index (χ0v) is 16.7. The first-order valence-corrected chi connectivity index (χ1v) is 9.33. The summed E-state index contributed by atoms with van der Waals surface area (Å²) in [4.78, 5) is 29.0. The number of amides is 2. The van der Waals surface area contributed by atoms with Gasteiger partial charge in [-0.05, 0) is 29.0 Å². The van der Waals surface area contributed by atoms with Crippen LogP contribution < -0.4 is 5.32 Å². The number of aromatic nitrogens is 5. The van der Waals surface area contributed by atoms with E-state index in [2.05, 4.69) is 25.8 Å². The number of aryl methyl sites for hydroxylation is 1. The van der Waals surface area contributed by atoms with Gasteiger partial charge < -0.3 is 14.4 Å². The molecule has 11 nitrogen and oxygen atoms in total. The Morgan fingerprint density at radius 3 is 2.81 bits per heavy atom. The van der Waals surface area contributed by atoms with Crippen molar-refractivity contribution in [2.45, 2.75) is 38.8 Å². The number of rotatable bonds is 8. The fourth-order valence-electron chi connectivity index (χ4n) is 2.83. The average molecular weight is 443 g/mol. The fourth-order valence-corrected chi connectivity index (χ4v) is 2.83. The van der Waals surface area contributed by atoms with Crippen molar-refractivity contribution in [2.75, 3.05) is 25.5 Å². The van der Waals surface area contributed by atoms with Gasteiger partial charge in [-0.15, -0.1) is 0 Å². The maximum absolute atomic E-state index is 13.1. The fraction of sp³-hybridized carbons (Fsp3) is 0.529. The number of cyclic esters (lactones) is 1. The quantitative estimate of drug-likeness (QED) is 0.654. The lowest BCUT2D eigenvalue weighted by atomic mass is 10.1. The number of alkyl halides is 3. The standard InChI is InChI=1S/C17H20F3N7O4/c1-3-6-27-15(23-24-25-27)22-14(28)11-4-5-13(17(18,19)20)21-12(11)9-30-8-10-7-26(2)16(29)31-10/h4-5,10H,3,6-9H2,1-2H3,(H,22,23,25,28)/t10-/m0/s1. The zero-order chi connectivity index (χ0) is 22.6. The maximum Gasteiger partial charge on any atom is 0.433 e. The third-order valence-electron chi connectivity index (χ3n) is 4.30. The van der Waals surface area contributed by atoms with E-state index in [-0.39, 0.29) is 30.4 Å². The van der Waals surface area contributed by atoms with E-state index >= 15 is 0 Å². The third-order valence-corrected chi connectivity index (χ3v) is 4.30. The summed E-state index contributed by atoms with van der Waals surface area (Å²) in [5.74, 6) is -0.682. The molecule has 1 atom stereocenters. The lowest BCUT2D eigenvalue weighted by Crippen LogP contribution is -2.23. The van der Waals surface area contributed by atoms with Crippen LogP contribution in [-0.4, -0.2) is 68.4 Å². The summed E-state index contributed by atoms with van der Waals surface area (Å²) in [6.45, 7) is 2.15. The molecular formula is C17H20F3N7O4. The number of hydrogen-bond acceptors (Lipinski definition) is 8. The molecular weight excluding hydrogens is 423 g/mol. The number of ether oxygens (including phenoxy) is 2. The van der Waals surface area contributed by atoms with Gasteiger partial charge in [0.25, 0.3) is 5.91 Å². The number of pyridine rings is 1. The maximum atomic E-state index is 13.1. The van der Waals surface area contributed by atoms with E-state index in [0.717, 1.165) is 6.07 Å². The van der Waals surface area contributed by atoms with Gasteiger partial charge in [0.15, 0.2) is 0 Å². The Bertz CT molecular complexity index is 950. The molecule has 31 heavy (non-hydrogen) atoms. The summed E-state index contributed by atoms with van der Waals surface area (Å²) in [5, 5.41) is 13.4. The van der Waals surface area contributed by atoms with Crippen molar-refractivity contribution in [2.24, 2.45) is 0 Å². The van der Waals surface area contributed by atoms with Crippen LogP contribution in [0.5, 0.6) is 0 Å². The largest absolute Gasteiger partial charge is 0.442 e. The Balaban J connectivity index is 1.76. The molecule has 0 bridgehead atoms. The molecule has 1 fully saturated rings. The van der Waals surface area contributed by atoms with Crippen molar-refractivity contribution in [1.82, 2.24) is 30.1 Å². The van der Waals surface area contributed by atoms with Gasteiger partial charge in [0.05, 0.1) is 31.0 Å². The number of anilines is 1. The lowest BCUT2D eigenvalue weighted by molar-refractivity contribution is -0.141. The molecule has 3 heterocycles. The summed E-state index contributed by atoms with van der Waals surface area (Å²) < 4.78 is 51.1. The molecule has 1 aliphatic rings. The molecule has 14 heteroatoms. The first-order valence-electron chi connectivity index (χ1n) is 9.33.